The average Bonchev–Trinajstić information content (AvgIpc) is 1.65. The Balaban J connectivity index is -0.000000107. The SMILES string of the molecule is O=C(O)C(F)(F)C(F)F.[Ca+2].[H-].[H-]. The van der Waals surface area contributed by atoms with Gasteiger partial charge in [0.25, 0.3) is 0 Å². The topological polar surface area (TPSA) is 37.3 Å². The number of halogens is 4. The molecule has 0 radical (unpaired) electrons. The first kappa shape index (κ1) is 13.1. The van der Waals surface area contributed by atoms with Gasteiger partial charge in [-0.15, -0.1) is 0 Å². The molecule has 0 unspecified atom stereocenters. The van der Waals surface area contributed by atoms with E-state index in [9.17, 15) is 22.4 Å². The predicted octanol–water partition coefficient (Wildman–Crippen LogP) is 0.816. The Morgan fingerprint density at radius 2 is 1.80 bits per heavy atom. The van der Waals surface area contributed by atoms with Crippen LogP contribution >= 0.6 is 0 Å². The zero-order chi connectivity index (χ0) is 7.65. The van der Waals surface area contributed by atoms with Gasteiger partial charge in [-0.05, 0) is 0 Å². The fourth-order valence-corrected chi connectivity index (χ4v) is 0.0933. The van der Waals surface area contributed by atoms with E-state index in [1.54, 1.807) is 0 Å². The molecule has 58 valence electrons. The molecule has 0 saturated heterocycles. The summed E-state index contributed by atoms with van der Waals surface area (Å²) >= 11 is 0. The number of hydrogen-bond donors (Lipinski definition) is 1. The third-order valence-electron chi connectivity index (χ3n) is 0.559. The Kier molecular flexibility index (Phi) is 5.69. The standard InChI is InChI=1S/C3H2F4O2.Ca.2H/c4-1(5)3(6,7)2(8)9;;;/h1H,(H,8,9);;;/q;+2;2*-1. The number of hydrogen-bond acceptors (Lipinski definition) is 1. The van der Waals surface area contributed by atoms with Crippen molar-refractivity contribution in [2.45, 2.75) is 12.3 Å². The maximum atomic E-state index is 11.3. The molecule has 0 heterocycles. The summed E-state index contributed by atoms with van der Waals surface area (Å²) in [7, 11) is 0. The van der Waals surface area contributed by atoms with Crippen LogP contribution in [0.2, 0.25) is 0 Å². The average molecular weight is 188 g/mol. The molecule has 0 spiro atoms. The van der Waals surface area contributed by atoms with Crippen LogP contribution < -0.4 is 0 Å². The first-order valence-electron chi connectivity index (χ1n) is 1.78. The fourth-order valence-electron chi connectivity index (χ4n) is 0.0933. The van der Waals surface area contributed by atoms with Crippen LogP contribution in [0.25, 0.3) is 0 Å². The summed E-state index contributed by atoms with van der Waals surface area (Å²) in [6, 6.07) is 0. The van der Waals surface area contributed by atoms with E-state index in [2.05, 4.69) is 0 Å². The van der Waals surface area contributed by atoms with E-state index in [1.165, 1.54) is 0 Å². The Morgan fingerprint density at radius 3 is 1.80 bits per heavy atom. The van der Waals surface area contributed by atoms with Crippen LogP contribution in [-0.2, 0) is 4.79 Å². The van der Waals surface area contributed by atoms with Gasteiger partial charge in [-0.3, -0.25) is 0 Å². The number of alkyl halides is 4. The van der Waals surface area contributed by atoms with Crippen LogP contribution in [0.15, 0.2) is 0 Å². The van der Waals surface area contributed by atoms with Gasteiger partial charge < -0.3 is 7.96 Å². The molecule has 0 rings (SSSR count). The Bertz CT molecular complexity index is 133. The molecule has 0 aliphatic rings. The summed E-state index contributed by atoms with van der Waals surface area (Å²) in [6.07, 6.45) is -4.14. The van der Waals surface area contributed by atoms with Gasteiger partial charge in [-0.25, -0.2) is 13.6 Å². The molecule has 0 saturated carbocycles. The Morgan fingerprint density at radius 1 is 1.50 bits per heavy atom. The molecule has 7 heteroatoms. The van der Waals surface area contributed by atoms with Gasteiger partial charge in [0.2, 0.25) is 0 Å². The summed E-state index contributed by atoms with van der Waals surface area (Å²) < 4.78 is 44.5. The zero-order valence-corrected chi connectivity index (χ0v) is 6.86. The summed E-state index contributed by atoms with van der Waals surface area (Å²) in [5.41, 5.74) is 0. The maximum absolute atomic E-state index is 11.3. The molecule has 10 heavy (non-hydrogen) atoms. The molecule has 0 aromatic rings. The number of carboxylic acids is 1. The van der Waals surface area contributed by atoms with Crippen molar-refractivity contribution in [3.8, 4) is 0 Å². The molecular formula is C3H4CaF4O2. The van der Waals surface area contributed by atoms with Gasteiger partial charge in [0, 0.05) is 0 Å². The molecule has 0 aromatic carbocycles. The second-order valence-corrected chi connectivity index (χ2v) is 1.23. The van der Waals surface area contributed by atoms with Crippen molar-refractivity contribution in [1.29, 1.82) is 0 Å². The van der Waals surface area contributed by atoms with Crippen LogP contribution in [0.4, 0.5) is 17.6 Å². The third-order valence-corrected chi connectivity index (χ3v) is 0.559. The van der Waals surface area contributed by atoms with Crippen molar-refractivity contribution in [1.82, 2.24) is 0 Å². The van der Waals surface area contributed by atoms with Gasteiger partial charge >= 0.3 is 56.1 Å². The van der Waals surface area contributed by atoms with E-state index in [1.807, 2.05) is 0 Å². The van der Waals surface area contributed by atoms with Gasteiger partial charge in [-0.2, -0.15) is 8.78 Å². The first-order valence-corrected chi connectivity index (χ1v) is 1.78. The molecule has 1 N–H and O–H groups in total. The van der Waals surface area contributed by atoms with E-state index in [-0.39, 0.29) is 40.6 Å². The van der Waals surface area contributed by atoms with Crippen LogP contribution in [0, 0.1) is 0 Å². The van der Waals surface area contributed by atoms with Crippen LogP contribution in [0.1, 0.15) is 2.85 Å². The maximum Gasteiger partial charge on any atom is 2.00 e. The molecule has 2 nitrogen and oxygen atoms in total. The van der Waals surface area contributed by atoms with Gasteiger partial charge in [0.15, 0.2) is 0 Å². The fraction of sp³-hybridized carbons (Fsp3) is 0.667. The minimum Gasteiger partial charge on any atom is -1.00 e. The van der Waals surface area contributed by atoms with Crippen LogP contribution in [0.5, 0.6) is 0 Å². The van der Waals surface area contributed by atoms with E-state index >= 15 is 0 Å². The predicted molar refractivity (Wildman–Crippen MR) is 26.6 cm³/mol. The van der Waals surface area contributed by atoms with Crippen molar-refractivity contribution in [2.75, 3.05) is 0 Å². The summed E-state index contributed by atoms with van der Waals surface area (Å²) in [5.74, 6) is -7.72. The second-order valence-electron chi connectivity index (χ2n) is 1.23. The molecule has 0 aliphatic heterocycles. The van der Waals surface area contributed by atoms with E-state index in [4.69, 9.17) is 5.11 Å². The minimum absolute atomic E-state index is 0. The minimum atomic E-state index is -4.92. The second kappa shape index (κ2) is 4.35. The van der Waals surface area contributed by atoms with E-state index < -0.39 is 18.3 Å². The normalized spacial score (nSPS) is 10.9. The number of aliphatic carboxylic acids is 1. The smallest absolute Gasteiger partial charge is 1.00 e. The van der Waals surface area contributed by atoms with Crippen molar-refractivity contribution in [3.63, 3.8) is 0 Å². The van der Waals surface area contributed by atoms with Crippen LogP contribution in [-0.4, -0.2) is 61.2 Å². The Hall–Kier alpha value is 0.450. The molecule has 0 aromatic heterocycles. The summed E-state index contributed by atoms with van der Waals surface area (Å²) in [6.45, 7) is 0. The first-order chi connectivity index (χ1) is 3.89. The van der Waals surface area contributed by atoms with Crippen molar-refractivity contribution in [2.24, 2.45) is 0 Å². The number of carboxylic acid groups (broad SMARTS) is 1. The summed E-state index contributed by atoms with van der Waals surface area (Å²) in [4.78, 5) is 9.23. The van der Waals surface area contributed by atoms with E-state index in [0.29, 0.717) is 0 Å². The number of rotatable bonds is 2. The van der Waals surface area contributed by atoms with Gasteiger partial charge in [-0.1, -0.05) is 0 Å². The van der Waals surface area contributed by atoms with Crippen molar-refractivity contribution in [3.05, 3.63) is 0 Å². The quantitative estimate of drug-likeness (QED) is 0.514. The molecule has 0 atom stereocenters. The van der Waals surface area contributed by atoms with Crippen molar-refractivity contribution < 1.29 is 30.3 Å². The largest absolute Gasteiger partial charge is 2.00 e. The molecule has 0 aliphatic carbocycles. The van der Waals surface area contributed by atoms with Gasteiger partial charge in [0.05, 0.1) is 0 Å². The molecule has 0 bridgehead atoms. The van der Waals surface area contributed by atoms with Gasteiger partial charge in [0.1, 0.15) is 0 Å². The zero-order valence-electron chi connectivity index (χ0n) is 6.65. The monoisotopic (exact) mass is 188 g/mol. The molecule has 0 amide bonds. The molecule has 0 fully saturated rings. The summed E-state index contributed by atoms with van der Waals surface area (Å²) in [5, 5.41) is 7.38. The Labute approximate surface area is 86.2 Å². The number of carbonyl (C=O) groups is 1. The molecular weight excluding hydrogens is 184 g/mol. The van der Waals surface area contributed by atoms with E-state index in [0.717, 1.165) is 0 Å². The third kappa shape index (κ3) is 3.03. The van der Waals surface area contributed by atoms with Crippen LogP contribution in [0.3, 0.4) is 0 Å². The van der Waals surface area contributed by atoms with Crippen molar-refractivity contribution >= 4 is 43.7 Å².